The first-order valence-electron chi connectivity index (χ1n) is 11.1. The van der Waals surface area contributed by atoms with Gasteiger partial charge in [-0.15, -0.1) is 0 Å². The van der Waals surface area contributed by atoms with Crippen LogP contribution < -0.4 is 0 Å². The lowest BCUT2D eigenvalue weighted by Crippen LogP contribution is -2.09. The number of aliphatic hydroxyl groups is 1. The lowest BCUT2D eigenvalue weighted by molar-refractivity contribution is 0.291. The Bertz CT molecular complexity index is 1600. The third-order valence-corrected chi connectivity index (χ3v) is 6.93. The summed E-state index contributed by atoms with van der Waals surface area (Å²) in [6.45, 7) is 0. The molecule has 7 rings (SSSR count). The van der Waals surface area contributed by atoms with Crippen molar-refractivity contribution in [1.29, 1.82) is 0 Å². The van der Waals surface area contributed by atoms with E-state index in [2.05, 4.69) is 72.8 Å². The summed E-state index contributed by atoms with van der Waals surface area (Å²) < 4.78 is 0. The molecular weight excluding hydrogens is 388 g/mol. The van der Waals surface area contributed by atoms with Crippen LogP contribution in [0.3, 0.4) is 0 Å². The molecule has 0 radical (unpaired) electrons. The summed E-state index contributed by atoms with van der Waals surface area (Å²) in [6.07, 6.45) is -0.667. The Morgan fingerprint density at radius 2 is 1.06 bits per heavy atom. The van der Waals surface area contributed by atoms with Gasteiger partial charge in [-0.2, -0.15) is 0 Å². The molecule has 0 fully saturated rings. The van der Waals surface area contributed by atoms with E-state index in [1.165, 1.54) is 43.8 Å². The largest absolute Gasteiger partial charge is 0.384 e. The van der Waals surface area contributed by atoms with E-state index in [1.807, 2.05) is 36.4 Å². The second kappa shape index (κ2) is 6.53. The second-order valence-electron chi connectivity index (χ2n) is 8.59. The molecule has 0 saturated carbocycles. The summed E-state index contributed by atoms with van der Waals surface area (Å²) in [7, 11) is 0. The molecule has 1 nitrogen and oxygen atoms in total. The standard InChI is InChI=1S/C31H20O/c32-31-26(19-10-3-1-4-11-19)29-24-17-9-16-23-22-15-8-7-14-21(22)18-25(28(23)24)30(29)27(31)20-12-5-2-6-13-20/h1-18,31-32H. The number of rotatable bonds is 2. The van der Waals surface area contributed by atoms with Crippen LogP contribution in [0.15, 0.2) is 109 Å². The molecule has 1 N–H and O–H groups in total. The van der Waals surface area contributed by atoms with Crippen molar-refractivity contribution in [2.45, 2.75) is 6.10 Å². The number of benzene rings is 5. The van der Waals surface area contributed by atoms with Crippen LogP contribution in [0.2, 0.25) is 0 Å². The van der Waals surface area contributed by atoms with Gasteiger partial charge in [0.2, 0.25) is 0 Å². The van der Waals surface area contributed by atoms with Gasteiger partial charge in [-0.1, -0.05) is 103 Å². The molecule has 1 unspecified atom stereocenters. The number of hydrogen-bond donors (Lipinski definition) is 1. The van der Waals surface area contributed by atoms with E-state index >= 15 is 0 Å². The number of hydrogen-bond acceptors (Lipinski definition) is 1. The zero-order valence-electron chi connectivity index (χ0n) is 17.4. The van der Waals surface area contributed by atoms with Gasteiger partial charge in [-0.05, 0) is 61.0 Å². The molecule has 0 aliphatic heterocycles. The van der Waals surface area contributed by atoms with Crippen molar-refractivity contribution in [3.63, 3.8) is 0 Å². The Kier molecular flexibility index (Phi) is 3.61. The van der Waals surface area contributed by atoms with E-state index in [0.29, 0.717) is 0 Å². The van der Waals surface area contributed by atoms with Crippen molar-refractivity contribution >= 4 is 43.8 Å². The molecule has 0 heterocycles. The molecule has 5 aromatic carbocycles. The van der Waals surface area contributed by atoms with Gasteiger partial charge < -0.3 is 5.11 Å². The highest BCUT2D eigenvalue weighted by Gasteiger charge is 2.40. The molecule has 0 aromatic heterocycles. The first kappa shape index (κ1) is 17.7. The maximum atomic E-state index is 11.7. The summed E-state index contributed by atoms with van der Waals surface area (Å²) in [4.78, 5) is 0. The predicted molar refractivity (Wildman–Crippen MR) is 134 cm³/mol. The average molecular weight is 409 g/mol. The molecule has 0 spiro atoms. The Hall–Kier alpha value is -3.94. The smallest absolute Gasteiger partial charge is 0.106 e. The second-order valence-corrected chi connectivity index (χ2v) is 8.59. The Morgan fingerprint density at radius 1 is 0.500 bits per heavy atom. The van der Waals surface area contributed by atoms with Gasteiger partial charge in [0.1, 0.15) is 6.10 Å². The maximum absolute atomic E-state index is 11.7. The maximum Gasteiger partial charge on any atom is 0.106 e. The highest BCUT2D eigenvalue weighted by Crippen LogP contribution is 2.58. The number of fused-ring (bicyclic) bond motifs is 5. The molecule has 0 saturated heterocycles. The first-order chi connectivity index (χ1) is 15.8. The van der Waals surface area contributed by atoms with E-state index in [-0.39, 0.29) is 0 Å². The van der Waals surface area contributed by atoms with Crippen molar-refractivity contribution in [3.8, 4) is 0 Å². The molecule has 0 bridgehead atoms. The Balaban J connectivity index is 1.67. The van der Waals surface area contributed by atoms with Crippen LogP contribution in [0.4, 0.5) is 0 Å². The van der Waals surface area contributed by atoms with E-state index < -0.39 is 6.10 Å². The lowest BCUT2D eigenvalue weighted by Gasteiger charge is -2.17. The average Bonchev–Trinajstić information content (AvgIpc) is 3.33. The van der Waals surface area contributed by atoms with E-state index in [1.54, 1.807) is 0 Å². The van der Waals surface area contributed by atoms with Crippen molar-refractivity contribution in [2.75, 3.05) is 0 Å². The van der Waals surface area contributed by atoms with Gasteiger partial charge >= 0.3 is 0 Å². The summed E-state index contributed by atoms with van der Waals surface area (Å²) in [6, 6.07) is 38.2. The van der Waals surface area contributed by atoms with E-state index in [4.69, 9.17) is 0 Å². The molecule has 1 atom stereocenters. The minimum Gasteiger partial charge on any atom is -0.384 e. The van der Waals surface area contributed by atoms with Gasteiger partial charge in [-0.3, -0.25) is 0 Å². The van der Waals surface area contributed by atoms with Gasteiger partial charge in [0.15, 0.2) is 0 Å². The monoisotopic (exact) mass is 408 g/mol. The van der Waals surface area contributed by atoms with Crippen molar-refractivity contribution in [2.24, 2.45) is 0 Å². The molecular formula is C31H20O. The lowest BCUT2D eigenvalue weighted by atomic mass is 9.90. The van der Waals surface area contributed by atoms with Crippen LogP contribution >= 0.6 is 0 Å². The molecule has 2 aliphatic carbocycles. The Morgan fingerprint density at radius 3 is 1.75 bits per heavy atom. The minimum absolute atomic E-state index is 0.667. The highest BCUT2D eigenvalue weighted by molar-refractivity contribution is 6.38. The zero-order valence-corrected chi connectivity index (χ0v) is 17.4. The van der Waals surface area contributed by atoms with Gasteiger partial charge in [-0.25, -0.2) is 0 Å². The molecule has 0 amide bonds. The van der Waals surface area contributed by atoms with Crippen molar-refractivity contribution in [1.82, 2.24) is 0 Å². The molecule has 5 aromatic rings. The number of aliphatic hydroxyl groups excluding tert-OH is 1. The summed E-state index contributed by atoms with van der Waals surface area (Å²) in [5.41, 5.74) is 8.98. The summed E-state index contributed by atoms with van der Waals surface area (Å²) >= 11 is 0. The quantitative estimate of drug-likeness (QED) is 0.306. The fourth-order valence-corrected chi connectivity index (χ4v) is 5.65. The van der Waals surface area contributed by atoms with E-state index in [9.17, 15) is 5.11 Å². The Labute approximate surface area is 186 Å². The van der Waals surface area contributed by atoms with Crippen molar-refractivity contribution < 1.29 is 5.11 Å². The summed E-state index contributed by atoms with van der Waals surface area (Å²) in [5.74, 6) is 0. The molecule has 32 heavy (non-hydrogen) atoms. The van der Waals surface area contributed by atoms with E-state index in [0.717, 1.165) is 22.3 Å². The number of allylic oxidation sites excluding steroid dienone is 2. The van der Waals surface area contributed by atoms with Crippen LogP contribution in [-0.2, 0) is 0 Å². The van der Waals surface area contributed by atoms with Crippen molar-refractivity contribution in [3.05, 3.63) is 131 Å². The van der Waals surface area contributed by atoms with Crippen LogP contribution in [-0.4, -0.2) is 11.2 Å². The van der Waals surface area contributed by atoms with Gasteiger partial charge in [0.25, 0.3) is 0 Å². The fourth-order valence-electron chi connectivity index (χ4n) is 5.65. The SMILES string of the molecule is OC1C(c2ccccc2)=C2C(=C1c1ccccc1)c1cc3ccccc3c3cccc2c13. The third-order valence-electron chi connectivity index (χ3n) is 6.93. The minimum atomic E-state index is -0.667. The van der Waals surface area contributed by atoms with Gasteiger partial charge in [0.05, 0.1) is 0 Å². The molecule has 2 aliphatic rings. The topological polar surface area (TPSA) is 20.2 Å². The van der Waals surface area contributed by atoms with Gasteiger partial charge in [0, 0.05) is 11.1 Å². The normalized spacial score (nSPS) is 17.0. The van der Waals surface area contributed by atoms with Crippen LogP contribution in [0.1, 0.15) is 22.3 Å². The molecule has 150 valence electrons. The first-order valence-corrected chi connectivity index (χ1v) is 11.1. The third kappa shape index (κ3) is 2.26. The zero-order chi connectivity index (χ0) is 21.2. The fraction of sp³-hybridized carbons (Fsp3) is 0.0323. The highest BCUT2D eigenvalue weighted by atomic mass is 16.3. The summed E-state index contributed by atoms with van der Waals surface area (Å²) in [5, 5.41) is 16.8. The molecule has 1 heteroatoms. The van der Waals surface area contributed by atoms with Crippen LogP contribution in [0.25, 0.3) is 43.8 Å². The van der Waals surface area contributed by atoms with Crippen LogP contribution in [0.5, 0.6) is 0 Å². The predicted octanol–water partition coefficient (Wildman–Crippen LogP) is 7.20. The van der Waals surface area contributed by atoms with Crippen LogP contribution in [0, 0.1) is 0 Å².